The van der Waals surface area contributed by atoms with Gasteiger partial charge in [-0.1, -0.05) is 6.92 Å². The van der Waals surface area contributed by atoms with Gasteiger partial charge in [0, 0.05) is 18.7 Å². The molecular weight excluding hydrogens is 236 g/mol. The van der Waals surface area contributed by atoms with Crippen molar-refractivity contribution in [2.45, 2.75) is 63.5 Å². The van der Waals surface area contributed by atoms with Crippen molar-refractivity contribution >= 4 is 0 Å². The van der Waals surface area contributed by atoms with Crippen molar-refractivity contribution in [3.8, 4) is 0 Å². The second-order valence-electron chi connectivity index (χ2n) is 7.06. The van der Waals surface area contributed by atoms with Gasteiger partial charge in [-0.2, -0.15) is 0 Å². The molecule has 0 amide bonds. The van der Waals surface area contributed by atoms with E-state index in [1.54, 1.807) is 0 Å². The predicted molar refractivity (Wildman–Crippen MR) is 78.0 cm³/mol. The Kier molecular flexibility index (Phi) is 4.16. The molecule has 3 nitrogen and oxygen atoms in total. The van der Waals surface area contributed by atoms with Crippen LogP contribution in [0.2, 0.25) is 0 Å². The number of rotatable bonds is 7. The molecule has 0 aromatic rings. The highest BCUT2D eigenvalue weighted by Crippen LogP contribution is 2.49. The standard InChI is InChI=1S/C16H30N2O/c1-2-14-9-16(11-17,7-8-19-14)18-10-15(12-3-4-12)13-5-6-13/h12-15,18H,2-11,17H2,1H3. The summed E-state index contributed by atoms with van der Waals surface area (Å²) in [5.41, 5.74) is 6.26. The van der Waals surface area contributed by atoms with Crippen LogP contribution in [0.15, 0.2) is 0 Å². The van der Waals surface area contributed by atoms with Gasteiger partial charge in [0.05, 0.1) is 6.10 Å². The highest BCUT2D eigenvalue weighted by atomic mass is 16.5. The zero-order valence-electron chi connectivity index (χ0n) is 12.4. The molecule has 0 radical (unpaired) electrons. The first-order valence-corrected chi connectivity index (χ1v) is 8.33. The maximum Gasteiger partial charge on any atom is 0.0590 e. The third-order valence-electron chi connectivity index (χ3n) is 5.57. The molecule has 2 unspecified atom stereocenters. The summed E-state index contributed by atoms with van der Waals surface area (Å²) in [5.74, 6) is 2.99. The maximum absolute atomic E-state index is 6.11. The lowest BCUT2D eigenvalue weighted by molar-refractivity contribution is -0.0292. The minimum Gasteiger partial charge on any atom is -0.378 e. The fourth-order valence-electron chi connectivity index (χ4n) is 3.80. The smallest absolute Gasteiger partial charge is 0.0590 e. The fourth-order valence-corrected chi connectivity index (χ4v) is 3.80. The Morgan fingerprint density at radius 3 is 2.47 bits per heavy atom. The second-order valence-corrected chi connectivity index (χ2v) is 7.06. The molecule has 0 spiro atoms. The number of ether oxygens (including phenoxy) is 1. The first kappa shape index (κ1) is 13.8. The summed E-state index contributed by atoms with van der Waals surface area (Å²) in [5, 5.41) is 3.89. The summed E-state index contributed by atoms with van der Waals surface area (Å²) in [6, 6.07) is 0. The van der Waals surface area contributed by atoms with Crippen LogP contribution in [0, 0.1) is 17.8 Å². The van der Waals surface area contributed by atoms with E-state index in [1.807, 2.05) is 0 Å². The van der Waals surface area contributed by atoms with Gasteiger partial charge in [0.1, 0.15) is 0 Å². The summed E-state index contributed by atoms with van der Waals surface area (Å²) < 4.78 is 5.82. The van der Waals surface area contributed by atoms with Crippen LogP contribution in [-0.4, -0.2) is 31.3 Å². The summed E-state index contributed by atoms with van der Waals surface area (Å²) in [4.78, 5) is 0. The molecule has 2 atom stereocenters. The Morgan fingerprint density at radius 1 is 1.26 bits per heavy atom. The third-order valence-corrected chi connectivity index (χ3v) is 5.57. The molecule has 1 heterocycles. The van der Waals surface area contributed by atoms with Crippen molar-refractivity contribution in [3.63, 3.8) is 0 Å². The molecule has 0 aromatic carbocycles. The fraction of sp³-hybridized carbons (Fsp3) is 1.00. The zero-order chi connectivity index (χ0) is 13.3. The van der Waals surface area contributed by atoms with Gasteiger partial charge in [0.25, 0.3) is 0 Å². The van der Waals surface area contributed by atoms with Crippen molar-refractivity contribution in [2.24, 2.45) is 23.5 Å². The summed E-state index contributed by atoms with van der Waals surface area (Å²) in [6.45, 7) is 5.05. The van der Waals surface area contributed by atoms with E-state index in [0.717, 1.165) is 50.2 Å². The molecule has 1 saturated heterocycles. The summed E-state index contributed by atoms with van der Waals surface area (Å²) in [6.07, 6.45) is 9.59. The van der Waals surface area contributed by atoms with Gasteiger partial charge in [-0.05, 0) is 69.2 Å². The normalized spacial score (nSPS) is 35.8. The van der Waals surface area contributed by atoms with Crippen LogP contribution in [0.25, 0.3) is 0 Å². The SMILES string of the molecule is CCC1CC(CN)(NCC(C2CC2)C2CC2)CCO1. The maximum atomic E-state index is 6.11. The van der Waals surface area contributed by atoms with E-state index in [0.29, 0.717) is 6.10 Å². The number of hydrogen-bond acceptors (Lipinski definition) is 3. The van der Waals surface area contributed by atoms with E-state index < -0.39 is 0 Å². The Labute approximate surface area is 117 Å². The van der Waals surface area contributed by atoms with E-state index >= 15 is 0 Å². The van der Waals surface area contributed by atoms with Crippen LogP contribution in [0.4, 0.5) is 0 Å². The van der Waals surface area contributed by atoms with Crippen LogP contribution < -0.4 is 11.1 Å². The molecule has 3 aliphatic rings. The van der Waals surface area contributed by atoms with E-state index in [-0.39, 0.29) is 5.54 Å². The summed E-state index contributed by atoms with van der Waals surface area (Å²) >= 11 is 0. The van der Waals surface area contributed by atoms with Crippen molar-refractivity contribution in [1.29, 1.82) is 0 Å². The van der Waals surface area contributed by atoms with Gasteiger partial charge in [0.2, 0.25) is 0 Å². The minimum atomic E-state index is 0.154. The van der Waals surface area contributed by atoms with E-state index in [1.165, 1.54) is 32.2 Å². The second kappa shape index (κ2) is 5.71. The average molecular weight is 266 g/mol. The lowest BCUT2D eigenvalue weighted by Crippen LogP contribution is -2.57. The van der Waals surface area contributed by atoms with Crippen LogP contribution in [0.5, 0.6) is 0 Å². The molecule has 110 valence electrons. The highest BCUT2D eigenvalue weighted by molar-refractivity contribution is 4.98. The Bertz CT molecular complexity index is 289. The zero-order valence-corrected chi connectivity index (χ0v) is 12.4. The molecule has 0 bridgehead atoms. The minimum absolute atomic E-state index is 0.154. The Hall–Kier alpha value is -0.120. The van der Waals surface area contributed by atoms with Crippen LogP contribution in [0.3, 0.4) is 0 Å². The van der Waals surface area contributed by atoms with E-state index in [2.05, 4.69) is 12.2 Å². The number of hydrogen-bond donors (Lipinski definition) is 2. The first-order valence-electron chi connectivity index (χ1n) is 8.33. The lowest BCUT2D eigenvalue weighted by atomic mass is 9.84. The Morgan fingerprint density at radius 2 is 1.95 bits per heavy atom. The average Bonchev–Trinajstić information content (AvgIpc) is 3.32. The van der Waals surface area contributed by atoms with Crippen molar-refractivity contribution in [1.82, 2.24) is 5.32 Å². The van der Waals surface area contributed by atoms with E-state index in [4.69, 9.17) is 10.5 Å². The molecular formula is C16H30N2O. The molecule has 3 N–H and O–H groups in total. The predicted octanol–water partition coefficient (Wildman–Crippen LogP) is 2.30. The van der Waals surface area contributed by atoms with Gasteiger partial charge in [-0.15, -0.1) is 0 Å². The van der Waals surface area contributed by atoms with Crippen LogP contribution in [-0.2, 0) is 4.74 Å². The van der Waals surface area contributed by atoms with Gasteiger partial charge in [-0.3, -0.25) is 0 Å². The first-order chi connectivity index (χ1) is 9.26. The quantitative estimate of drug-likeness (QED) is 0.743. The number of nitrogens with one attached hydrogen (secondary N) is 1. The van der Waals surface area contributed by atoms with E-state index in [9.17, 15) is 0 Å². The molecule has 19 heavy (non-hydrogen) atoms. The topological polar surface area (TPSA) is 47.3 Å². The van der Waals surface area contributed by atoms with Gasteiger partial charge >= 0.3 is 0 Å². The molecule has 3 fully saturated rings. The molecule has 3 heteroatoms. The van der Waals surface area contributed by atoms with Crippen molar-refractivity contribution < 1.29 is 4.74 Å². The molecule has 1 aliphatic heterocycles. The van der Waals surface area contributed by atoms with Crippen LogP contribution in [0.1, 0.15) is 51.9 Å². The molecule has 2 aliphatic carbocycles. The third kappa shape index (κ3) is 3.32. The van der Waals surface area contributed by atoms with Gasteiger partial charge in [0.15, 0.2) is 0 Å². The van der Waals surface area contributed by atoms with Crippen molar-refractivity contribution in [2.75, 3.05) is 19.7 Å². The molecule has 0 aromatic heterocycles. The summed E-state index contributed by atoms with van der Waals surface area (Å²) in [7, 11) is 0. The van der Waals surface area contributed by atoms with Gasteiger partial charge in [-0.25, -0.2) is 0 Å². The molecule has 3 rings (SSSR count). The highest BCUT2D eigenvalue weighted by Gasteiger charge is 2.43. The van der Waals surface area contributed by atoms with Crippen molar-refractivity contribution in [3.05, 3.63) is 0 Å². The lowest BCUT2D eigenvalue weighted by Gasteiger charge is -2.42. The molecule has 2 saturated carbocycles. The van der Waals surface area contributed by atoms with Crippen LogP contribution >= 0.6 is 0 Å². The monoisotopic (exact) mass is 266 g/mol. The van der Waals surface area contributed by atoms with Gasteiger partial charge < -0.3 is 15.8 Å². The Balaban J connectivity index is 1.55. The number of nitrogens with two attached hydrogens (primary N) is 1. The largest absolute Gasteiger partial charge is 0.378 e.